The van der Waals surface area contributed by atoms with Crippen LogP contribution < -0.4 is 5.43 Å². The Balaban J connectivity index is 2.36. The fourth-order valence-electron chi connectivity index (χ4n) is 2.08. The number of halogens is 4. The van der Waals surface area contributed by atoms with Gasteiger partial charge in [0.1, 0.15) is 0 Å². The summed E-state index contributed by atoms with van der Waals surface area (Å²) in [6, 6.07) is 11.2. The zero-order valence-electron chi connectivity index (χ0n) is 12.1. The highest BCUT2D eigenvalue weighted by Gasteiger charge is 2.30. The van der Waals surface area contributed by atoms with Crippen LogP contribution in [0.4, 0.5) is 18.0 Å². The molecule has 0 aliphatic heterocycles. The number of alkyl halides is 3. The first kappa shape index (κ1) is 17.8. The lowest BCUT2D eigenvalue weighted by molar-refractivity contribution is -0.137. The third-order valence-electron chi connectivity index (χ3n) is 3.21. The van der Waals surface area contributed by atoms with Gasteiger partial charge in [-0.1, -0.05) is 35.9 Å². The van der Waals surface area contributed by atoms with Gasteiger partial charge in [0.25, 0.3) is 0 Å². The number of hydrogen-bond donors (Lipinski definition) is 2. The monoisotopic (exact) mass is 356 g/mol. The molecule has 0 heterocycles. The minimum Gasteiger partial charge on any atom is -0.464 e. The minimum atomic E-state index is -4.42. The Morgan fingerprint density at radius 2 is 1.58 bits per heavy atom. The van der Waals surface area contributed by atoms with Crippen molar-refractivity contribution in [3.8, 4) is 0 Å². The number of nitrogens with zero attached hydrogens (tertiary/aromatic N) is 1. The molecule has 0 aromatic heterocycles. The van der Waals surface area contributed by atoms with Crippen LogP contribution in [0.3, 0.4) is 0 Å². The van der Waals surface area contributed by atoms with Gasteiger partial charge >= 0.3 is 12.3 Å². The van der Waals surface area contributed by atoms with Crippen molar-refractivity contribution in [3.05, 3.63) is 70.2 Å². The normalized spacial score (nSPS) is 13.0. The topological polar surface area (TPSA) is 61.7 Å². The summed E-state index contributed by atoms with van der Waals surface area (Å²) in [5.41, 5.74) is 2.31. The Bertz CT molecular complexity index is 728. The van der Waals surface area contributed by atoms with Crippen LogP contribution in [0.2, 0.25) is 5.02 Å². The molecule has 0 radical (unpaired) electrons. The second-order valence-corrected chi connectivity index (χ2v) is 5.28. The summed E-state index contributed by atoms with van der Waals surface area (Å²) < 4.78 is 38.0. The van der Waals surface area contributed by atoms with Crippen LogP contribution in [0.15, 0.2) is 53.6 Å². The second-order valence-electron chi connectivity index (χ2n) is 4.84. The van der Waals surface area contributed by atoms with Gasteiger partial charge < -0.3 is 5.11 Å². The largest absolute Gasteiger partial charge is 0.464 e. The molecule has 4 nitrogen and oxygen atoms in total. The molecule has 24 heavy (non-hydrogen) atoms. The van der Waals surface area contributed by atoms with Gasteiger partial charge in [0, 0.05) is 17.2 Å². The van der Waals surface area contributed by atoms with Crippen molar-refractivity contribution in [1.82, 2.24) is 5.43 Å². The number of benzene rings is 2. The van der Waals surface area contributed by atoms with Gasteiger partial charge in [-0.25, -0.2) is 10.2 Å². The number of carbonyl (C=O) groups is 1. The van der Waals surface area contributed by atoms with Gasteiger partial charge in [0.05, 0.1) is 5.56 Å². The van der Waals surface area contributed by atoms with E-state index in [0.717, 1.165) is 12.1 Å². The molecule has 0 fully saturated rings. The number of amides is 1. The van der Waals surface area contributed by atoms with Crippen LogP contribution in [-0.2, 0) is 6.18 Å². The molecule has 2 rings (SSSR count). The van der Waals surface area contributed by atoms with Crippen molar-refractivity contribution in [1.29, 1.82) is 0 Å². The molecule has 1 unspecified atom stereocenters. The van der Waals surface area contributed by atoms with E-state index in [9.17, 15) is 18.0 Å². The zero-order chi connectivity index (χ0) is 17.7. The van der Waals surface area contributed by atoms with Gasteiger partial charge in [-0.3, -0.25) is 0 Å². The number of nitrogens with one attached hydrogen (secondary N) is 1. The highest BCUT2D eigenvalue weighted by Crippen LogP contribution is 2.31. The minimum absolute atomic E-state index is 0.505. The highest BCUT2D eigenvalue weighted by molar-refractivity contribution is 6.30. The molecule has 8 heteroatoms. The predicted molar refractivity (Wildman–Crippen MR) is 84.4 cm³/mol. The van der Waals surface area contributed by atoms with Crippen LogP contribution in [0, 0.1) is 0 Å². The molecule has 2 N–H and O–H groups in total. The predicted octanol–water partition coefficient (Wildman–Crippen LogP) is 4.74. The number of rotatable bonds is 4. The molecule has 126 valence electrons. The summed E-state index contributed by atoms with van der Waals surface area (Å²) in [5.74, 6) is -0.531. The van der Waals surface area contributed by atoms with E-state index >= 15 is 0 Å². The Labute approximate surface area is 140 Å². The van der Waals surface area contributed by atoms with Crippen LogP contribution in [0.1, 0.15) is 22.6 Å². The first-order chi connectivity index (χ1) is 11.3. The van der Waals surface area contributed by atoms with Crippen molar-refractivity contribution < 1.29 is 23.1 Å². The van der Waals surface area contributed by atoms with Crippen LogP contribution in [0.25, 0.3) is 0 Å². The van der Waals surface area contributed by atoms with E-state index in [1.807, 2.05) is 5.43 Å². The van der Waals surface area contributed by atoms with Gasteiger partial charge in [0.15, 0.2) is 0 Å². The molecule has 2 aromatic rings. The molecule has 0 saturated carbocycles. The molecule has 0 bridgehead atoms. The highest BCUT2D eigenvalue weighted by atomic mass is 35.5. The Hall–Kier alpha value is -2.54. The lowest BCUT2D eigenvalue weighted by Crippen LogP contribution is -2.15. The summed E-state index contributed by atoms with van der Waals surface area (Å²) in [7, 11) is 0. The van der Waals surface area contributed by atoms with Crippen molar-refractivity contribution in [3.63, 3.8) is 0 Å². The Morgan fingerprint density at radius 1 is 1.08 bits per heavy atom. The average molecular weight is 357 g/mol. The van der Waals surface area contributed by atoms with Crippen LogP contribution >= 0.6 is 11.6 Å². The SMILES string of the molecule is O=C(O)NN=CC(c1ccc(Cl)cc1)c1ccc(C(F)(F)F)cc1. The maximum absolute atomic E-state index is 12.7. The second kappa shape index (κ2) is 7.35. The maximum atomic E-state index is 12.7. The molecular weight excluding hydrogens is 345 g/mol. The molecule has 0 aliphatic carbocycles. The Kier molecular flexibility index (Phi) is 5.46. The van der Waals surface area contributed by atoms with E-state index in [1.165, 1.54) is 18.3 Å². The molecule has 1 amide bonds. The third-order valence-corrected chi connectivity index (χ3v) is 3.46. The van der Waals surface area contributed by atoms with Crippen molar-refractivity contribution in [2.75, 3.05) is 0 Å². The van der Waals surface area contributed by atoms with Gasteiger partial charge in [-0.05, 0) is 35.4 Å². The lowest BCUT2D eigenvalue weighted by atomic mass is 9.92. The first-order valence-electron chi connectivity index (χ1n) is 6.72. The van der Waals surface area contributed by atoms with E-state index in [2.05, 4.69) is 5.10 Å². The average Bonchev–Trinajstić information content (AvgIpc) is 2.52. The third kappa shape index (κ3) is 4.73. The van der Waals surface area contributed by atoms with E-state index in [4.69, 9.17) is 16.7 Å². The van der Waals surface area contributed by atoms with E-state index in [1.54, 1.807) is 24.3 Å². The molecule has 0 spiro atoms. The first-order valence-corrected chi connectivity index (χ1v) is 7.10. The van der Waals surface area contributed by atoms with Crippen molar-refractivity contribution >= 4 is 23.9 Å². The lowest BCUT2D eigenvalue weighted by Gasteiger charge is -2.15. The standard InChI is InChI=1S/C16H12ClF3N2O2/c17-13-7-3-11(4-8-13)14(9-21-22-15(23)24)10-1-5-12(6-2-10)16(18,19)20/h1-9,14,22H,(H,23,24). The van der Waals surface area contributed by atoms with Gasteiger partial charge in [-0.2, -0.15) is 18.3 Å². The number of hydrazone groups is 1. The van der Waals surface area contributed by atoms with Crippen LogP contribution in [-0.4, -0.2) is 17.4 Å². The Morgan fingerprint density at radius 3 is 2.04 bits per heavy atom. The fourth-order valence-corrected chi connectivity index (χ4v) is 2.21. The number of hydrogen-bond acceptors (Lipinski definition) is 2. The molecular formula is C16H12ClF3N2O2. The van der Waals surface area contributed by atoms with E-state index in [0.29, 0.717) is 16.1 Å². The van der Waals surface area contributed by atoms with E-state index < -0.39 is 23.8 Å². The summed E-state index contributed by atoms with van der Waals surface area (Å²) in [6.07, 6.45) is -4.46. The summed E-state index contributed by atoms with van der Waals surface area (Å²) in [6.45, 7) is 0. The number of carboxylic acid groups (broad SMARTS) is 1. The van der Waals surface area contributed by atoms with Crippen LogP contribution in [0.5, 0.6) is 0 Å². The maximum Gasteiger partial charge on any atom is 0.425 e. The molecule has 0 saturated heterocycles. The van der Waals surface area contributed by atoms with Gasteiger partial charge in [0.2, 0.25) is 0 Å². The summed E-state index contributed by atoms with van der Waals surface area (Å²) in [5, 5.41) is 12.7. The van der Waals surface area contributed by atoms with Gasteiger partial charge in [-0.15, -0.1) is 0 Å². The molecule has 0 aliphatic rings. The zero-order valence-corrected chi connectivity index (χ0v) is 12.8. The molecule has 2 aromatic carbocycles. The summed E-state index contributed by atoms with van der Waals surface area (Å²) >= 11 is 5.83. The quantitative estimate of drug-likeness (QED) is 0.613. The summed E-state index contributed by atoms with van der Waals surface area (Å²) in [4.78, 5) is 10.5. The van der Waals surface area contributed by atoms with Crippen molar-refractivity contribution in [2.45, 2.75) is 12.1 Å². The molecule has 1 atom stereocenters. The van der Waals surface area contributed by atoms with Crippen molar-refractivity contribution in [2.24, 2.45) is 5.10 Å². The fraction of sp³-hybridized carbons (Fsp3) is 0.125. The smallest absolute Gasteiger partial charge is 0.425 e. The van der Waals surface area contributed by atoms with E-state index in [-0.39, 0.29) is 0 Å².